The number of benzene rings is 2. The number of aromatic nitrogens is 3. The lowest BCUT2D eigenvalue weighted by Gasteiger charge is -2.11. The number of non-ortho nitro benzene ring substituents is 1. The van der Waals surface area contributed by atoms with Crippen LogP contribution < -0.4 is 0 Å². The summed E-state index contributed by atoms with van der Waals surface area (Å²) in [5.41, 5.74) is 1.82. The number of hydrogen-bond donors (Lipinski definition) is 0. The van der Waals surface area contributed by atoms with E-state index in [1.54, 1.807) is 41.9 Å². The first kappa shape index (κ1) is 17.2. The molecule has 1 unspecified atom stereocenters. The molecular formula is C18H13ClN4O4. The molecule has 8 nitrogen and oxygen atoms in total. The Morgan fingerprint density at radius 3 is 2.67 bits per heavy atom. The van der Waals surface area contributed by atoms with Gasteiger partial charge in [-0.3, -0.25) is 10.1 Å². The molecule has 0 spiro atoms. The molecule has 0 fully saturated rings. The van der Waals surface area contributed by atoms with Crippen LogP contribution in [0.2, 0.25) is 5.02 Å². The monoisotopic (exact) mass is 384 g/mol. The number of fused-ring (bicyclic) bond motifs is 1. The third kappa shape index (κ3) is 2.93. The SMILES string of the molecule is Cn1c(CC2OC(=O)c3cccc(Cl)c32)nnc1-c1ccc([N+](=O)[O-])cc1. The van der Waals surface area contributed by atoms with Crippen molar-refractivity contribution in [1.82, 2.24) is 14.8 Å². The molecular weight excluding hydrogens is 372 g/mol. The van der Waals surface area contributed by atoms with E-state index in [0.29, 0.717) is 39.8 Å². The molecule has 0 saturated carbocycles. The van der Waals surface area contributed by atoms with Crippen molar-refractivity contribution in [2.75, 3.05) is 0 Å². The highest BCUT2D eigenvalue weighted by atomic mass is 35.5. The summed E-state index contributed by atoms with van der Waals surface area (Å²) < 4.78 is 7.22. The van der Waals surface area contributed by atoms with E-state index in [0.717, 1.165) is 0 Å². The van der Waals surface area contributed by atoms with Gasteiger partial charge in [0.05, 0.1) is 10.5 Å². The number of rotatable bonds is 4. The summed E-state index contributed by atoms with van der Waals surface area (Å²) in [6.45, 7) is 0. The number of hydrogen-bond acceptors (Lipinski definition) is 6. The molecule has 1 aromatic heterocycles. The van der Waals surface area contributed by atoms with Crippen LogP contribution in [0.4, 0.5) is 5.69 Å². The van der Waals surface area contributed by atoms with Crippen molar-refractivity contribution >= 4 is 23.3 Å². The molecule has 1 aliphatic heterocycles. The summed E-state index contributed by atoms with van der Waals surface area (Å²) in [4.78, 5) is 22.4. The number of nitrogens with zero attached hydrogens (tertiary/aromatic N) is 4. The molecule has 2 heterocycles. The highest BCUT2D eigenvalue weighted by Gasteiger charge is 2.34. The summed E-state index contributed by atoms with van der Waals surface area (Å²) in [6.07, 6.45) is -0.215. The maximum Gasteiger partial charge on any atom is 0.339 e. The zero-order chi connectivity index (χ0) is 19.1. The Kier molecular flexibility index (Phi) is 4.12. The number of halogens is 1. The van der Waals surface area contributed by atoms with E-state index in [2.05, 4.69) is 10.2 Å². The standard InChI is InChI=1S/C18H13ClN4O4/c1-22-15(9-14-16-12(18(24)27-14)3-2-4-13(16)19)20-21-17(22)10-5-7-11(8-6-10)23(25)26/h2-8,14H,9H2,1H3. The normalized spacial score (nSPS) is 15.5. The summed E-state index contributed by atoms with van der Waals surface area (Å²) in [6, 6.07) is 11.2. The van der Waals surface area contributed by atoms with Crippen LogP contribution >= 0.6 is 11.6 Å². The lowest BCUT2D eigenvalue weighted by molar-refractivity contribution is -0.384. The third-order valence-corrected chi connectivity index (χ3v) is 4.84. The number of cyclic esters (lactones) is 1. The van der Waals surface area contributed by atoms with E-state index in [-0.39, 0.29) is 5.69 Å². The first-order valence-electron chi connectivity index (χ1n) is 8.08. The van der Waals surface area contributed by atoms with Gasteiger partial charge < -0.3 is 9.30 Å². The second-order valence-corrected chi connectivity index (χ2v) is 6.51. The summed E-state index contributed by atoms with van der Waals surface area (Å²) >= 11 is 6.25. The first-order chi connectivity index (χ1) is 13.0. The molecule has 0 saturated heterocycles. The van der Waals surface area contributed by atoms with Crippen LogP contribution in [0.3, 0.4) is 0 Å². The maximum absolute atomic E-state index is 12.0. The van der Waals surface area contributed by atoms with Gasteiger partial charge in [-0.2, -0.15) is 0 Å². The molecule has 136 valence electrons. The van der Waals surface area contributed by atoms with Crippen molar-refractivity contribution in [2.24, 2.45) is 7.05 Å². The average molecular weight is 385 g/mol. The van der Waals surface area contributed by atoms with E-state index in [4.69, 9.17) is 16.3 Å². The molecule has 0 amide bonds. The molecule has 9 heteroatoms. The number of ether oxygens (including phenoxy) is 1. The van der Waals surface area contributed by atoms with Gasteiger partial charge in [-0.25, -0.2) is 4.79 Å². The van der Waals surface area contributed by atoms with Gasteiger partial charge in [0.15, 0.2) is 5.82 Å². The maximum atomic E-state index is 12.0. The van der Waals surface area contributed by atoms with Crippen LogP contribution in [-0.4, -0.2) is 25.7 Å². The van der Waals surface area contributed by atoms with Crippen LogP contribution in [0, 0.1) is 10.1 Å². The smallest absolute Gasteiger partial charge is 0.339 e. The zero-order valence-corrected chi connectivity index (χ0v) is 14.9. The van der Waals surface area contributed by atoms with E-state index < -0.39 is 17.0 Å². The second-order valence-electron chi connectivity index (χ2n) is 6.10. The first-order valence-corrected chi connectivity index (χ1v) is 8.46. The lowest BCUT2D eigenvalue weighted by atomic mass is 10.0. The fraction of sp³-hybridized carbons (Fsp3) is 0.167. The predicted molar refractivity (Wildman–Crippen MR) is 96.4 cm³/mol. The minimum Gasteiger partial charge on any atom is -0.453 e. The summed E-state index contributed by atoms with van der Waals surface area (Å²) in [7, 11) is 1.79. The molecule has 4 rings (SSSR count). The summed E-state index contributed by atoms with van der Waals surface area (Å²) in [5.74, 6) is 0.757. The van der Waals surface area contributed by atoms with Crippen molar-refractivity contribution < 1.29 is 14.5 Å². The molecule has 0 bridgehead atoms. The molecule has 0 N–H and O–H groups in total. The predicted octanol–water partition coefficient (Wildman–Crippen LogP) is 3.50. The van der Waals surface area contributed by atoms with E-state index >= 15 is 0 Å². The van der Waals surface area contributed by atoms with Gasteiger partial charge in [-0.05, 0) is 24.3 Å². The average Bonchev–Trinajstić information content (AvgIpc) is 3.17. The molecule has 1 aliphatic rings. The topological polar surface area (TPSA) is 100 Å². The van der Waals surface area contributed by atoms with E-state index in [9.17, 15) is 14.9 Å². The fourth-order valence-electron chi connectivity index (χ4n) is 3.13. The Morgan fingerprint density at radius 2 is 1.96 bits per heavy atom. The van der Waals surface area contributed by atoms with Crippen molar-refractivity contribution in [3.8, 4) is 11.4 Å². The van der Waals surface area contributed by atoms with Crippen LogP contribution in [0.25, 0.3) is 11.4 Å². The van der Waals surface area contributed by atoms with Crippen molar-refractivity contribution in [3.63, 3.8) is 0 Å². The van der Waals surface area contributed by atoms with Gasteiger partial charge in [0.1, 0.15) is 11.9 Å². The van der Waals surface area contributed by atoms with E-state index in [1.165, 1.54) is 12.1 Å². The number of esters is 1. The second kappa shape index (κ2) is 6.48. The van der Waals surface area contributed by atoms with Crippen LogP contribution in [0.5, 0.6) is 0 Å². The molecule has 27 heavy (non-hydrogen) atoms. The molecule has 3 aromatic rings. The number of carbonyl (C=O) groups is 1. The highest BCUT2D eigenvalue weighted by Crippen LogP contribution is 2.37. The molecule has 2 aromatic carbocycles. The quantitative estimate of drug-likeness (QED) is 0.387. The number of nitro groups is 1. The van der Waals surface area contributed by atoms with Gasteiger partial charge in [0, 0.05) is 41.8 Å². The number of nitro benzene ring substituents is 1. The fourth-order valence-corrected chi connectivity index (χ4v) is 3.42. The molecule has 0 radical (unpaired) electrons. The molecule has 1 atom stereocenters. The minimum absolute atomic E-state index is 0.00487. The van der Waals surface area contributed by atoms with Crippen LogP contribution in [0.15, 0.2) is 42.5 Å². The van der Waals surface area contributed by atoms with Gasteiger partial charge in [-0.1, -0.05) is 17.7 Å². The van der Waals surface area contributed by atoms with Crippen LogP contribution in [-0.2, 0) is 18.2 Å². The lowest BCUT2D eigenvalue weighted by Crippen LogP contribution is -2.08. The van der Waals surface area contributed by atoms with Gasteiger partial charge in [0.2, 0.25) is 0 Å². The molecule has 0 aliphatic carbocycles. The number of carbonyl (C=O) groups excluding carboxylic acids is 1. The Balaban J connectivity index is 1.63. The Bertz CT molecular complexity index is 1060. The largest absolute Gasteiger partial charge is 0.453 e. The van der Waals surface area contributed by atoms with Gasteiger partial charge >= 0.3 is 5.97 Å². The third-order valence-electron chi connectivity index (χ3n) is 4.51. The van der Waals surface area contributed by atoms with Crippen molar-refractivity contribution in [3.05, 3.63) is 74.6 Å². The summed E-state index contributed by atoms with van der Waals surface area (Å²) in [5, 5.41) is 19.6. The van der Waals surface area contributed by atoms with Gasteiger partial charge in [0.25, 0.3) is 5.69 Å². The zero-order valence-electron chi connectivity index (χ0n) is 14.1. The Hall–Kier alpha value is -3.26. The van der Waals surface area contributed by atoms with Crippen LogP contribution in [0.1, 0.15) is 27.8 Å². The minimum atomic E-state index is -0.534. The highest BCUT2D eigenvalue weighted by molar-refractivity contribution is 6.32. The van der Waals surface area contributed by atoms with Crippen molar-refractivity contribution in [1.29, 1.82) is 0 Å². The Labute approximate surface area is 158 Å². The van der Waals surface area contributed by atoms with Gasteiger partial charge in [-0.15, -0.1) is 10.2 Å². The Morgan fingerprint density at radius 1 is 1.22 bits per heavy atom. The van der Waals surface area contributed by atoms with Crippen molar-refractivity contribution in [2.45, 2.75) is 12.5 Å². The van der Waals surface area contributed by atoms with E-state index in [1.807, 2.05) is 0 Å².